The van der Waals surface area contributed by atoms with Gasteiger partial charge in [-0.1, -0.05) is 31.1 Å². The Bertz CT molecular complexity index is 1030. The number of hydrogen-bond donors (Lipinski definition) is 1. The second-order valence-electron chi connectivity index (χ2n) is 10.5. The summed E-state index contributed by atoms with van der Waals surface area (Å²) in [7, 11) is 0. The average molecular weight is 471 g/mol. The molecule has 1 fully saturated rings. The van der Waals surface area contributed by atoms with Gasteiger partial charge >= 0.3 is 11.9 Å². The van der Waals surface area contributed by atoms with E-state index in [0.29, 0.717) is 32.1 Å². The zero-order chi connectivity index (χ0) is 24.9. The summed E-state index contributed by atoms with van der Waals surface area (Å²) in [6.45, 7) is 6.61. The lowest BCUT2D eigenvalue weighted by Crippen LogP contribution is -2.59. The van der Waals surface area contributed by atoms with Gasteiger partial charge in [-0.05, 0) is 69.1 Å². The minimum absolute atomic E-state index is 0.0366. The van der Waals surface area contributed by atoms with Crippen LogP contribution in [0.1, 0.15) is 72.6 Å². The van der Waals surface area contributed by atoms with E-state index in [1.807, 2.05) is 26.8 Å². The first-order valence-electron chi connectivity index (χ1n) is 12.2. The molecule has 1 unspecified atom stereocenters. The number of aliphatic hydroxyl groups is 1. The van der Waals surface area contributed by atoms with E-state index in [1.54, 1.807) is 12.2 Å². The molecule has 0 aromatic rings. The SMILES string of the molecule is CCCC(=O)O[C@]1(C(=O)COC(C)=O)CC[C@H]2C3=C(C(O)C[C@@]21C)[C@@]1(C)C=CC(=O)C=C1CC3. The molecular weight excluding hydrogens is 436 g/mol. The molecule has 0 aliphatic heterocycles. The molecule has 1 saturated carbocycles. The summed E-state index contributed by atoms with van der Waals surface area (Å²) in [4.78, 5) is 49.7. The average Bonchev–Trinajstić information content (AvgIpc) is 3.04. The van der Waals surface area contributed by atoms with Crippen molar-refractivity contribution in [1.29, 1.82) is 0 Å². The number of fused-ring (bicyclic) bond motifs is 4. The third kappa shape index (κ3) is 3.60. The molecule has 0 saturated heterocycles. The minimum atomic E-state index is -1.46. The van der Waals surface area contributed by atoms with E-state index in [1.165, 1.54) is 6.92 Å². The molecule has 7 heteroatoms. The Hall–Kier alpha value is -2.54. The number of aliphatic hydroxyl groups excluding tert-OH is 1. The molecule has 0 bridgehead atoms. The second kappa shape index (κ2) is 8.59. The van der Waals surface area contributed by atoms with E-state index in [0.717, 1.165) is 16.7 Å². The number of esters is 2. The molecule has 0 spiro atoms. The molecule has 0 aromatic heterocycles. The summed E-state index contributed by atoms with van der Waals surface area (Å²) >= 11 is 0. The molecule has 184 valence electrons. The molecule has 0 aromatic carbocycles. The van der Waals surface area contributed by atoms with E-state index in [2.05, 4.69) is 0 Å². The maximum Gasteiger partial charge on any atom is 0.306 e. The predicted octanol–water partition coefficient (Wildman–Crippen LogP) is 3.54. The van der Waals surface area contributed by atoms with Crippen molar-refractivity contribution in [2.24, 2.45) is 16.7 Å². The topological polar surface area (TPSA) is 107 Å². The normalized spacial score (nSPS) is 36.3. The number of hydrogen-bond acceptors (Lipinski definition) is 7. The van der Waals surface area contributed by atoms with Gasteiger partial charge in [0.05, 0.1) is 6.10 Å². The highest BCUT2D eigenvalue weighted by Crippen LogP contribution is 2.65. The van der Waals surface area contributed by atoms with Crippen molar-refractivity contribution in [3.63, 3.8) is 0 Å². The number of ketones is 2. The van der Waals surface area contributed by atoms with Crippen LogP contribution in [0, 0.1) is 16.7 Å². The minimum Gasteiger partial charge on any atom is -0.458 e. The predicted molar refractivity (Wildman–Crippen MR) is 123 cm³/mol. The summed E-state index contributed by atoms with van der Waals surface area (Å²) in [6.07, 6.45) is 7.63. The highest BCUT2D eigenvalue weighted by molar-refractivity contribution is 6.01. The van der Waals surface area contributed by atoms with Crippen LogP contribution in [0.5, 0.6) is 0 Å². The number of allylic oxidation sites excluding steroid dienone is 5. The van der Waals surface area contributed by atoms with E-state index in [4.69, 9.17) is 9.47 Å². The summed E-state index contributed by atoms with van der Waals surface area (Å²) < 4.78 is 11.0. The van der Waals surface area contributed by atoms with Crippen LogP contribution in [-0.2, 0) is 28.7 Å². The van der Waals surface area contributed by atoms with Crippen molar-refractivity contribution >= 4 is 23.5 Å². The number of carbonyl (C=O) groups excluding carboxylic acids is 4. The maximum atomic E-state index is 13.6. The van der Waals surface area contributed by atoms with Crippen LogP contribution in [0.3, 0.4) is 0 Å². The monoisotopic (exact) mass is 470 g/mol. The third-order valence-corrected chi connectivity index (χ3v) is 8.58. The fraction of sp³-hybridized carbons (Fsp3) is 0.630. The Morgan fingerprint density at radius 3 is 2.62 bits per heavy atom. The van der Waals surface area contributed by atoms with Crippen molar-refractivity contribution in [1.82, 2.24) is 0 Å². The zero-order valence-corrected chi connectivity index (χ0v) is 20.4. The first-order valence-corrected chi connectivity index (χ1v) is 12.2. The Balaban J connectivity index is 1.79. The Kier molecular flexibility index (Phi) is 6.21. The van der Waals surface area contributed by atoms with Crippen LogP contribution in [0.25, 0.3) is 0 Å². The number of carbonyl (C=O) groups is 4. The highest BCUT2D eigenvalue weighted by atomic mass is 16.6. The van der Waals surface area contributed by atoms with Gasteiger partial charge in [0.1, 0.15) is 0 Å². The highest BCUT2D eigenvalue weighted by Gasteiger charge is 2.67. The lowest BCUT2D eigenvalue weighted by molar-refractivity contribution is -0.187. The number of rotatable bonds is 6. The quantitative estimate of drug-likeness (QED) is 0.467. The van der Waals surface area contributed by atoms with Gasteiger partial charge in [0.2, 0.25) is 5.78 Å². The van der Waals surface area contributed by atoms with E-state index >= 15 is 0 Å². The van der Waals surface area contributed by atoms with Gasteiger partial charge in [0.25, 0.3) is 0 Å². The lowest BCUT2D eigenvalue weighted by atomic mass is 9.52. The molecule has 0 radical (unpaired) electrons. The van der Waals surface area contributed by atoms with Gasteiger partial charge in [-0.25, -0.2) is 0 Å². The molecular formula is C27H34O7. The lowest BCUT2D eigenvalue weighted by Gasteiger charge is -2.53. The summed E-state index contributed by atoms with van der Waals surface area (Å²) in [6, 6.07) is 0. The van der Waals surface area contributed by atoms with Gasteiger partial charge in [0, 0.05) is 24.2 Å². The van der Waals surface area contributed by atoms with Crippen molar-refractivity contribution in [3.8, 4) is 0 Å². The van der Waals surface area contributed by atoms with Crippen LogP contribution in [0.4, 0.5) is 0 Å². The van der Waals surface area contributed by atoms with Crippen LogP contribution in [0.15, 0.2) is 34.9 Å². The van der Waals surface area contributed by atoms with Gasteiger partial charge < -0.3 is 14.6 Å². The van der Waals surface area contributed by atoms with Gasteiger partial charge in [-0.3, -0.25) is 19.2 Å². The summed E-state index contributed by atoms with van der Waals surface area (Å²) in [5.74, 6) is -1.56. The molecule has 4 rings (SSSR count). The molecule has 1 N–H and O–H groups in total. The zero-order valence-electron chi connectivity index (χ0n) is 20.4. The van der Waals surface area contributed by atoms with Crippen LogP contribution in [-0.4, -0.2) is 46.9 Å². The van der Waals surface area contributed by atoms with Gasteiger partial charge in [-0.15, -0.1) is 0 Å². The van der Waals surface area contributed by atoms with Gasteiger partial charge in [0.15, 0.2) is 18.0 Å². The molecule has 0 heterocycles. The fourth-order valence-electron chi connectivity index (χ4n) is 7.00. The largest absolute Gasteiger partial charge is 0.458 e. The molecule has 4 aliphatic rings. The van der Waals surface area contributed by atoms with E-state index < -0.39 is 46.9 Å². The van der Waals surface area contributed by atoms with Crippen molar-refractivity contribution in [3.05, 3.63) is 34.9 Å². The maximum absolute atomic E-state index is 13.6. The summed E-state index contributed by atoms with van der Waals surface area (Å²) in [5.41, 5.74) is 0.194. The van der Waals surface area contributed by atoms with Crippen molar-refractivity contribution in [2.75, 3.05) is 6.61 Å². The first-order chi connectivity index (χ1) is 16.0. The van der Waals surface area contributed by atoms with Crippen molar-refractivity contribution in [2.45, 2.75) is 84.3 Å². The Morgan fingerprint density at radius 2 is 1.94 bits per heavy atom. The van der Waals surface area contributed by atoms with Crippen LogP contribution >= 0.6 is 0 Å². The van der Waals surface area contributed by atoms with Gasteiger partial charge in [-0.2, -0.15) is 0 Å². The standard InChI is InChI=1S/C27H34O7/c1-5-6-23(32)34-27(22(31)15-33-16(2)28)12-10-20-19-8-7-17-13-18(29)9-11-25(17,3)24(19)21(30)14-26(20,27)4/h9,11,13,20-21,30H,5-8,10,12,14-15H2,1-4H3/t20-,21?,25-,26-,27-/m0/s1. The number of ether oxygens (including phenoxy) is 2. The number of Topliss-reactive ketones (excluding diaryl/α,β-unsaturated/α-hetero) is 1. The third-order valence-electron chi connectivity index (χ3n) is 8.58. The molecule has 5 atom stereocenters. The summed E-state index contributed by atoms with van der Waals surface area (Å²) in [5, 5.41) is 11.5. The van der Waals surface area contributed by atoms with E-state index in [9.17, 15) is 24.3 Å². The molecule has 7 nitrogen and oxygen atoms in total. The molecule has 0 amide bonds. The first kappa shape index (κ1) is 24.6. The molecule has 4 aliphatic carbocycles. The van der Waals surface area contributed by atoms with Crippen LogP contribution in [0.2, 0.25) is 0 Å². The van der Waals surface area contributed by atoms with Crippen LogP contribution < -0.4 is 0 Å². The van der Waals surface area contributed by atoms with Crippen molar-refractivity contribution < 1.29 is 33.8 Å². The smallest absolute Gasteiger partial charge is 0.306 e. The Labute approximate surface area is 200 Å². The van der Waals surface area contributed by atoms with E-state index in [-0.39, 0.29) is 24.5 Å². The fourth-order valence-corrected chi connectivity index (χ4v) is 7.00. The molecule has 34 heavy (non-hydrogen) atoms. The Morgan fingerprint density at radius 1 is 1.21 bits per heavy atom. The second-order valence-corrected chi connectivity index (χ2v) is 10.5.